The molecule has 0 spiro atoms. The van der Waals surface area contributed by atoms with E-state index >= 15 is 0 Å². The maximum absolute atomic E-state index is 12.0. The van der Waals surface area contributed by atoms with Gasteiger partial charge in [0.2, 0.25) is 0 Å². The van der Waals surface area contributed by atoms with E-state index < -0.39 is 11.8 Å². The summed E-state index contributed by atoms with van der Waals surface area (Å²) in [5, 5.41) is 5.07. The van der Waals surface area contributed by atoms with E-state index in [-0.39, 0.29) is 0 Å². The quantitative estimate of drug-likeness (QED) is 0.599. The minimum absolute atomic E-state index is 0.409. The Morgan fingerprint density at radius 2 is 1.57 bits per heavy atom. The minimum Gasteiger partial charge on any atom is -0.397 e. The van der Waals surface area contributed by atoms with E-state index in [1.165, 1.54) is 0 Å². The molecule has 2 amide bonds. The summed E-state index contributed by atoms with van der Waals surface area (Å²) in [5.74, 6) is -1.51. The van der Waals surface area contributed by atoms with Crippen molar-refractivity contribution in [1.29, 1.82) is 0 Å². The Labute approximate surface area is 135 Å². The molecule has 2 aromatic carbocycles. The number of aryl methyl sites for hydroxylation is 1. The average molecular weight is 312 g/mol. The molecule has 0 radical (unpaired) electrons. The lowest BCUT2D eigenvalue weighted by Gasteiger charge is -2.13. The molecular formula is C17H20N4O2. The minimum atomic E-state index is -0.765. The van der Waals surface area contributed by atoms with Crippen LogP contribution < -0.4 is 21.3 Å². The average Bonchev–Trinajstić information content (AvgIpc) is 2.51. The van der Waals surface area contributed by atoms with Gasteiger partial charge in [0.05, 0.1) is 11.4 Å². The number of rotatable bonds is 3. The molecule has 0 aliphatic carbocycles. The molecule has 6 heteroatoms. The number of carbonyl (C=O) groups is 2. The number of nitrogens with one attached hydrogen (secondary N) is 2. The molecule has 2 aromatic rings. The fourth-order valence-corrected chi connectivity index (χ4v) is 1.99. The largest absolute Gasteiger partial charge is 0.397 e. The second-order valence-corrected chi connectivity index (χ2v) is 5.44. The van der Waals surface area contributed by atoms with Crippen LogP contribution in [0.1, 0.15) is 5.56 Å². The first-order valence-corrected chi connectivity index (χ1v) is 7.12. The molecule has 0 aromatic heterocycles. The summed E-state index contributed by atoms with van der Waals surface area (Å²) >= 11 is 0. The second kappa shape index (κ2) is 6.83. The van der Waals surface area contributed by atoms with Crippen LogP contribution in [0.5, 0.6) is 0 Å². The molecule has 0 heterocycles. The molecule has 2 rings (SSSR count). The third kappa shape index (κ3) is 4.23. The Kier molecular flexibility index (Phi) is 4.85. The molecule has 0 bridgehead atoms. The zero-order valence-electron chi connectivity index (χ0n) is 13.4. The fourth-order valence-electron chi connectivity index (χ4n) is 1.99. The maximum atomic E-state index is 12.0. The molecule has 23 heavy (non-hydrogen) atoms. The monoisotopic (exact) mass is 312 g/mol. The van der Waals surface area contributed by atoms with Crippen molar-refractivity contribution in [1.82, 2.24) is 0 Å². The SMILES string of the molecule is Cc1ccc(N)c(NC(=O)C(=O)Nc2ccc(N(C)C)cc2)c1. The van der Waals surface area contributed by atoms with Crippen molar-refractivity contribution in [2.45, 2.75) is 6.92 Å². The van der Waals surface area contributed by atoms with Gasteiger partial charge in [0.25, 0.3) is 0 Å². The standard InChI is InChI=1S/C17H20N4O2/c1-11-4-9-14(18)15(10-11)20-17(23)16(22)19-12-5-7-13(8-6-12)21(2)3/h4-10H,18H2,1-3H3,(H,19,22)(H,20,23). The van der Waals surface area contributed by atoms with Crippen LogP contribution in [-0.2, 0) is 9.59 Å². The fraction of sp³-hybridized carbons (Fsp3) is 0.176. The van der Waals surface area contributed by atoms with Crippen molar-refractivity contribution in [2.24, 2.45) is 0 Å². The van der Waals surface area contributed by atoms with Crippen LogP contribution in [0.3, 0.4) is 0 Å². The summed E-state index contributed by atoms with van der Waals surface area (Å²) in [4.78, 5) is 25.9. The zero-order valence-corrected chi connectivity index (χ0v) is 13.4. The zero-order chi connectivity index (χ0) is 17.0. The van der Waals surface area contributed by atoms with E-state index in [1.807, 2.05) is 44.1 Å². The molecular weight excluding hydrogens is 292 g/mol. The normalized spacial score (nSPS) is 10.0. The summed E-state index contributed by atoms with van der Waals surface area (Å²) in [6.07, 6.45) is 0. The van der Waals surface area contributed by atoms with Crippen LogP contribution in [0, 0.1) is 6.92 Å². The van der Waals surface area contributed by atoms with E-state index in [4.69, 9.17) is 5.73 Å². The van der Waals surface area contributed by atoms with Crippen molar-refractivity contribution in [3.05, 3.63) is 48.0 Å². The Balaban J connectivity index is 2.02. The topological polar surface area (TPSA) is 87.5 Å². The van der Waals surface area contributed by atoms with Crippen molar-refractivity contribution in [3.63, 3.8) is 0 Å². The first-order valence-electron chi connectivity index (χ1n) is 7.12. The van der Waals surface area contributed by atoms with E-state index in [2.05, 4.69) is 10.6 Å². The highest BCUT2D eigenvalue weighted by Gasteiger charge is 2.15. The van der Waals surface area contributed by atoms with Gasteiger partial charge in [0.1, 0.15) is 0 Å². The number of nitrogen functional groups attached to an aromatic ring is 1. The molecule has 0 aliphatic heterocycles. The highest BCUT2D eigenvalue weighted by molar-refractivity contribution is 6.43. The molecule has 0 saturated heterocycles. The van der Waals surface area contributed by atoms with Crippen LogP contribution in [0.2, 0.25) is 0 Å². The highest BCUT2D eigenvalue weighted by Crippen LogP contribution is 2.20. The predicted molar refractivity (Wildman–Crippen MR) is 93.6 cm³/mol. The van der Waals surface area contributed by atoms with Crippen LogP contribution >= 0.6 is 0 Å². The molecule has 0 aliphatic rings. The van der Waals surface area contributed by atoms with Crippen molar-refractivity contribution in [3.8, 4) is 0 Å². The van der Waals surface area contributed by atoms with Crippen LogP contribution in [-0.4, -0.2) is 25.9 Å². The lowest BCUT2D eigenvalue weighted by atomic mass is 10.2. The van der Waals surface area contributed by atoms with Gasteiger partial charge >= 0.3 is 11.8 Å². The van der Waals surface area contributed by atoms with Crippen molar-refractivity contribution < 1.29 is 9.59 Å². The summed E-state index contributed by atoms with van der Waals surface area (Å²) in [6, 6.07) is 12.4. The number of nitrogens with zero attached hydrogens (tertiary/aromatic N) is 1. The smallest absolute Gasteiger partial charge is 0.314 e. The van der Waals surface area contributed by atoms with Gasteiger partial charge in [0, 0.05) is 25.5 Å². The third-order valence-corrected chi connectivity index (χ3v) is 3.30. The van der Waals surface area contributed by atoms with E-state index in [9.17, 15) is 9.59 Å². The number of amides is 2. The van der Waals surface area contributed by atoms with Gasteiger partial charge in [-0.2, -0.15) is 0 Å². The molecule has 0 unspecified atom stereocenters. The highest BCUT2D eigenvalue weighted by atomic mass is 16.2. The number of carbonyl (C=O) groups excluding carboxylic acids is 2. The molecule has 120 valence electrons. The van der Waals surface area contributed by atoms with Crippen LogP contribution in [0.15, 0.2) is 42.5 Å². The second-order valence-electron chi connectivity index (χ2n) is 5.44. The third-order valence-electron chi connectivity index (χ3n) is 3.30. The number of anilines is 4. The van der Waals surface area contributed by atoms with Crippen molar-refractivity contribution >= 4 is 34.6 Å². The molecule has 0 fully saturated rings. The van der Waals surface area contributed by atoms with E-state index in [0.29, 0.717) is 17.1 Å². The van der Waals surface area contributed by atoms with Gasteiger partial charge in [-0.15, -0.1) is 0 Å². The first-order chi connectivity index (χ1) is 10.9. The van der Waals surface area contributed by atoms with Gasteiger partial charge in [-0.25, -0.2) is 0 Å². The molecule has 0 saturated carbocycles. The Morgan fingerprint density at radius 3 is 2.17 bits per heavy atom. The van der Waals surface area contributed by atoms with Crippen LogP contribution in [0.25, 0.3) is 0 Å². The van der Waals surface area contributed by atoms with Crippen molar-refractivity contribution in [2.75, 3.05) is 35.4 Å². The summed E-state index contributed by atoms with van der Waals surface area (Å²) in [7, 11) is 3.85. The van der Waals surface area contributed by atoms with E-state index in [0.717, 1.165) is 11.3 Å². The van der Waals surface area contributed by atoms with E-state index in [1.54, 1.807) is 24.3 Å². The lowest BCUT2D eigenvalue weighted by molar-refractivity contribution is -0.132. The van der Waals surface area contributed by atoms with Gasteiger partial charge in [-0.05, 0) is 48.9 Å². The number of hydrogen-bond donors (Lipinski definition) is 3. The number of hydrogen-bond acceptors (Lipinski definition) is 4. The van der Waals surface area contributed by atoms with Gasteiger partial charge < -0.3 is 21.3 Å². The summed E-state index contributed by atoms with van der Waals surface area (Å²) in [6.45, 7) is 1.88. The van der Waals surface area contributed by atoms with Gasteiger partial charge in [-0.3, -0.25) is 9.59 Å². The predicted octanol–water partition coefficient (Wildman–Crippen LogP) is 2.22. The van der Waals surface area contributed by atoms with Gasteiger partial charge in [-0.1, -0.05) is 6.07 Å². The maximum Gasteiger partial charge on any atom is 0.314 e. The Morgan fingerprint density at radius 1 is 0.957 bits per heavy atom. The Bertz CT molecular complexity index is 724. The summed E-state index contributed by atoms with van der Waals surface area (Å²) in [5.41, 5.74) is 9.11. The lowest BCUT2D eigenvalue weighted by Crippen LogP contribution is -2.29. The Hall–Kier alpha value is -3.02. The summed E-state index contributed by atoms with van der Waals surface area (Å²) < 4.78 is 0. The molecule has 0 atom stereocenters. The molecule has 6 nitrogen and oxygen atoms in total. The molecule has 4 N–H and O–H groups in total. The first kappa shape index (κ1) is 16.4. The van der Waals surface area contributed by atoms with Gasteiger partial charge in [0.15, 0.2) is 0 Å². The number of nitrogens with two attached hydrogens (primary N) is 1. The van der Waals surface area contributed by atoms with Crippen LogP contribution in [0.4, 0.5) is 22.7 Å². The number of benzene rings is 2.